The lowest BCUT2D eigenvalue weighted by Crippen LogP contribution is -2.10. The Balaban J connectivity index is 0.882. The summed E-state index contributed by atoms with van der Waals surface area (Å²) in [6.07, 6.45) is 0. The molecule has 5 heteroatoms. The van der Waals surface area contributed by atoms with E-state index in [0.29, 0.717) is 0 Å². The zero-order chi connectivity index (χ0) is 46.1. The Hall–Kier alpha value is -8.77. The van der Waals surface area contributed by atoms with E-state index in [0.717, 1.165) is 39.8 Å². The fourth-order valence-corrected chi connectivity index (χ4v) is 11.9. The predicted molar refractivity (Wildman–Crippen MR) is 299 cm³/mol. The molecule has 330 valence electrons. The molecule has 2 heterocycles. The average Bonchev–Trinajstić information content (AvgIpc) is 4.00. The summed E-state index contributed by atoms with van der Waals surface area (Å²) in [7, 11) is 0. The Bertz CT molecular complexity index is 4160. The first-order valence-electron chi connectivity index (χ1n) is 23.9. The van der Waals surface area contributed by atoms with Gasteiger partial charge < -0.3 is 19.7 Å². The minimum atomic E-state index is 0.173. The van der Waals surface area contributed by atoms with Crippen molar-refractivity contribution >= 4 is 116 Å². The van der Waals surface area contributed by atoms with Crippen LogP contribution in [0.3, 0.4) is 0 Å². The molecule has 1 aliphatic rings. The highest BCUT2D eigenvalue weighted by Gasteiger charge is 2.25. The Morgan fingerprint density at radius 3 is 1.43 bits per heavy atom. The van der Waals surface area contributed by atoms with Crippen molar-refractivity contribution in [2.45, 2.75) is 10.3 Å². The van der Waals surface area contributed by atoms with Gasteiger partial charge in [-0.15, -0.1) is 0 Å². The van der Waals surface area contributed by atoms with Crippen molar-refractivity contribution in [1.82, 2.24) is 4.57 Å². The predicted octanol–water partition coefficient (Wildman–Crippen LogP) is 18.6. The molecule has 1 N–H and O–H groups in total. The van der Waals surface area contributed by atoms with Gasteiger partial charge in [-0.3, -0.25) is 0 Å². The van der Waals surface area contributed by atoms with Crippen molar-refractivity contribution in [3.63, 3.8) is 0 Å². The average molecular weight is 913 g/mol. The molecule has 1 aliphatic heterocycles. The van der Waals surface area contributed by atoms with Crippen LogP contribution in [0, 0.1) is 0 Å². The summed E-state index contributed by atoms with van der Waals surface area (Å²) in [5.74, 6) is 0. The van der Waals surface area contributed by atoms with Gasteiger partial charge in [-0.05, 0) is 152 Å². The SMILES string of the molecule is c1ccc(C2Nc3ccc(N(c4ccc5ccccc5c4)c4ccc5c(ccc6cc(N(c7ccc8ccccc8c7)c7ccc8c(c7)c7ccccc7n8-c7ccccc7)ccc65)c4)cc3S2)cc1. The van der Waals surface area contributed by atoms with Crippen LogP contribution in [0.1, 0.15) is 10.9 Å². The number of benzene rings is 12. The lowest BCUT2D eigenvalue weighted by molar-refractivity contribution is 1.13. The maximum atomic E-state index is 3.76. The molecule has 0 amide bonds. The molecule has 14 rings (SSSR count). The van der Waals surface area contributed by atoms with Crippen molar-refractivity contribution in [1.29, 1.82) is 0 Å². The molecule has 0 saturated carbocycles. The number of fused-ring (bicyclic) bond motifs is 9. The molecular formula is C65H44N4S. The van der Waals surface area contributed by atoms with E-state index in [2.05, 4.69) is 274 Å². The Morgan fingerprint density at radius 1 is 0.329 bits per heavy atom. The summed E-state index contributed by atoms with van der Waals surface area (Å²) in [6.45, 7) is 0. The van der Waals surface area contributed by atoms with Crippen LogP contribution in [0.4, 0.5) is 39.8 Å². The molecule has 1 aromatic heterocycles. The zero-order valence-electron chi connectivity index (χ0n) is 38.1. The van der Waals surface area contributed by atoms with Gasteiger partial charge in [-0.1, -0.05) is 163 Å². The fraction of sp³-hybridized carbons (Fsp3) is 0.0154. The van der Waals surface area contributed by atoms with Crippen molar-refractivity contribution < 1.29 is 0 Å². The molecule has 1 unspecified atom stereocenters. The minimum absolute atomic E-state index is 0.173. The van der Waals surface area contributed by atoms with Crippen molar-refractivity contribution in [3.8, 4) is 5.69 Å². The highest BCUT2D eigenvalue weighted by Crippen LogP contribution is 2.50. The topological polar surface area (TPSA) is 23.4 Å². The van der Waals surface area contributed by atoms with Gasteiger partial charge in [-0.2, -0.15) is 0 Å². The number of hydrogen-bond acceptors (Lipinski definition) is 4. The largest absolute Gasteiger partial charge is 0.368 e. The second kappa shape index (κ2) is 16.5. The number of aromatic nitrogens is 1. The van der Waals surface area contributed by atoms with Gasteiger partial charge in [-0.25, -0.2) is 0 Å². The van der Waals surface area contributed by atoms with Crippen molar-refractivity contribution in [2.24, 2.45) is 0 Å². The second-order valence-electron chi connectivity index (χ2n) is 18.2. The Morgan fingerprint density at radius 2 is 0.786 bits per heavy atom. The third kappa shape index (κ3) is 6.85. The molecule has 0 saturated heterocycles. The molecule has 0 spiro atoms. The molecule has 12 aromatic carbocycles. The third-order valence-electron chi connectivity index (χ3n) is 14.1. The Labute approximate surface area is 410 Å². The van der Waals surface area contributed by atoms with Crippen LogP contribution < -0.4 is 15.1 Å². The van der Waals surface area contributed by atoms with E-state index in [9.17, 15) is 0 Å². The second-order valence-corrected chi connectivity index (χ2v) is 19.4. The smallest absolute Gasteiger partial charge is 0.103 e. The standard InChI is InChI=1S/C65H44N4S/c1-3-15-45(16-4-1)65-66-61-35-31-56(42-64(61)70-65)68(52-28-26-44-14-8-10-18-47(44)38-52)54-30-34-58-49(40-54)24-23-48-39-53(29-33-57(48)58)67(51-27-25-43-13-7-9-17-46(43)37-51)55-32-36-63-60(41-55)59-21-11-12-22-62(59)69(63)50-19-5-2-6-20-50/h1-42,65-66H. The number of nitrogens with one attached hydrogen (secondary N) is 1. The maximum Gasteiger partial charge on any atom is 0.103 e. The van der Waals surface area contributed by atoms with E-state index in [1.54, 1.807) is 0 Å². The lowest BCUT2D eigenvalue weighted by Gasteiger charge is -2.27. The fourth-order valence-electron chi connectivity index (χ4n) is 10.7. The first-order chi connectivity index (χ1) is 34.7. The Kier molecular flexibility index (Phi) is 9.49. The number of hydrogen-bond donors (Lipinski definition) is 1. The van der Waals surface area contributed by atoms with E-state index < -0.39 is 0 Å². The van der Waals surface area contributed by atoms with Crippen LogP contribution in [0.25, 0.3) is 70.6 Å². The first kappa shape index (κ1) is 40.3. The van der Waals surface area contributed by atoms with Crippen LogP contribution in [-0.4, -0.2) is 4.57 Å². The summed E-state index contributed by atoms with van der Waals surface area (Å²) in [5, 5.41) is 16.1. The van der Waals surface area contributed by atoms with E-state index >= 15 is 0 Å². The summed E-state index contributed by atoms with van der Waals surface area (Å²) in [6, 6.07) is 93.3. The van der Waals surface area contributed by atoms with E-state index in [1.165, 1.54) is 81.0 Å². The maximum absolute atomic E-state index is 3.76. The summed E-state index contributed by atoms with van der Waals surface area (Å²) in [4.78, 5) is 6.07. The molecule has 0 radical (unpaired) electrons. The highest BCUT2D eigenvalue weighted by atomic mass is 32.2. The van der Waals surface area contributed by atoms with Crippen LogP contribution in [0.2, 0.25) is 0 Å². The van der Waals surface area contributed by atoms with E-state index in [4.69, 9.17) is 0 Å². The third-order valence-corrected chi connectivity index (χ3v) is 15.3. The molecule has 13 aromatic rings. The van der Waals surface area contributed by atoms with Gasteiger partial charge in [0.1, 0.15) is 5.37 Å². The number of anilines is 7. The van der Waals surface area contributed by atoms with Crippen LogP contribution in [0.15, 0.2) is 260 Å². The summed E-state index contributed by atoms with van der Waals surface area (Å²) < 4.78 is 2.38. The van der Waals surface area contributed by atoms with Crippen molar-refractivity contribution in [3.05, 3.63) is 260 Å². The van der Waals surface area contributed by atoms with Crippen LogP contribution in [0.5, 0.6) is 0 Å². The summed E-state index contributed by atoms with van der Waals surface area (Å²) in [5.41, 5.74) is 12.6. The van der Waals surface area contributed by atoms with Gasteiger partial charge in [0.2, 0.25) is 0 Å². The number of rotatable bonds is 8. The molecule has 0 bridgehead atoms. The molecule has 0 aliphatic carbocycles. The van der Waals surface area contributed by atoms with E-state index in [-0.39, 0.29) is 5.37 Å². The normalized spacial score (nSPS) is 13.3. The van der Waals surface area contributed by atoms with Gasteiger partial charge in [0.25, 0.3) is 0 Å². The monoisotopic (exact) mass is 912 g/mol. The zero-order valence-corrected chi connectivity index (χ0v) is 38.9. The minimum Gasteiger partial charge on any atom is -0.368 e. The molecule has 70 heavy (non-hydrogen) atoms. The van der Waals surface area contributed by atoms with Gasteiger partial charge in [0.15, 0.2) is 0 Å². The van der Waals surface area contributed by atoms with E-state index in [1.807, 2.05) is 11.8 Å². The first-order valence-corrected chi connectivity index (χ1v) is 24.8. The molecular weight excluding hydrogens is 869 g/mol. The van der Waals surface area contributed by atoms with Gasteiger partial charge >= 0.3 is 0 Å². The number of para-hydroxylation sites is 2. The summed E-state index contributed by atoms with van der Waals surface area (Å²) >= 11 is 1.88. The highest BCUT2D eigenvalue weighted by molar-refractivity contribution is 8.00. The van der Waals surface area contributed by atoms with Gasteiger partial charge in [0, 0.05) is 61.2 Å². The molecule has 1 atom stereocenters. The molecule has 0 fully saturated rings. The number of thioether (sulfide) groups is 1. The lowest BCUT2D eigenvalue weighted by atomic mass is 9.99. The number of nitrogens with zero attached hydrogens (tertiary/aromatic N) is 3. The van der Waals surface area contributed by atoms with Crippen LogP contribution >= 0.6 is 11.8 Å². The van der Waals surface area contributed by atoms with Gasteiger partial charge in [0.05, 0.1) is 11.0 Å². The van der Waals surface area contributed by atoms with Crippen LogP contribution in [-0.2, 0) is 0 Å². The van der Waals surface area contributed by atoms with Crippen molar-refractivity contribution in [2.75, 3.05) is 15.1 Å². The molecule has 4 nitrogen and oxygen atoms in total. The quantitative estimate of drug-likeness (QED) is 0.153.